The van der Waals surface area contributed by atoms with E-state index in [4.69, 9.17) is 9.47 Å². The molecule has 5 heteroatoms. The molecule has 0 aromatic heterocycles. The second-order valence-corrected chi connectivity index (χ2v) is 6.24. The van der Waals surface area contributed by atoms with E-state index in [0.717, 1.165) is 29.3 Å². The number of carbonyl (C=O) groups is 1. The van der Waals surface area contributed by atoms with Gasteiger partial charge in [0.2, 0.25) is 5.91 Å². The molecular formula is C15H18BrNO3. The molecule has 1 N–H and O–H groups in total. The van der Waals surface area contributed by atoms with E-state index in [9.17, 15) is 4.79 Å². The monoisotopic (exact) mass is 339 g/mol. The van der Waals surface area contributed by atoms with Gasteiger partial charge >= 0.3 is 0 Å². The topological polar surface area (TPSA) is 47.6 Å². The maximum atomic E-state index is 12.1. The molecule has 3 rings (SSSR count). The molecule has 1 aliphatic carbocycles. The van der Waals surface area contributed by atoms with Crippen LogP contribution in [-0.4, -0.2) is 30.9 Å². The minimum atomic E-state index is -0.425. The Balaban J connectivity index is 1.54. The van der Waals surface area contributed by atoms with Gasteiger partial charge in [0.25, 0.3) is 0 Å². The summed E-state index contributed by atoms with van der Waals surface area (Å²) < 4.78 is 12.3. The summed E-state index contributed by atoms with van der Waals surface area (Å²) >= 11 is 3.47. The van der Waals surface area contributed by atoms with E-state index < -0.39 is 5.79 Å². The zero-order valence-electron chi connectivity index (χ0n) is 11.2. The maximum absolute atomic E-state index is 12.1. The van der Waals surface area contributed by atoms with Crippen molar-refractivity contribution in [2.24, 2.45) is 0 Å². The molecule has 1 aliphatic heterocycles. The Kier molecular flexibility index (Phi) is 4.10. The van der Waals surface area contributed by atoms with Crippen molar-refractivity contribution in [3.05, 3.63) is 34.3 Å². The number of hydrogen-bond donors (Lipinski definition) is 1. The van der Waals surface area contributed by atoms with Gasteiger partial charge in [-0.3, -0.25) is 4.79 Å². The van der Waals surface area contributed by atoms with E-state index in [1.165, 1.54) is 0 Å². The molecule has 1 unspecified atom stereocenters. The smallest absolute Gasteiger partial charge is 0.224 e. The first-order chi connectivity index (χ1) is 9.67. The van der Waals surface area contributed by atoms with Crippen LogP contribution in [0.1, 0.15) is 24.8 Å². The molecule has 4 nitrogen and oxygen atoms in total. The lowest BCUT2D eigenvalue weighted by Gasteiger charge is -2.21. The Morgan fingerprint density at radius 2 is 2.10 bits per heavy atom. The first kappa shape index (κ1) is 14.0. The molecule has 0 bridgehead atoms. The van der Waals surface area contributed by atoms with Gasteiger partial charge in [0.05, 0.1) is 19.6 Å². The second kappa shape index (κ2) is 5.84. The summed E-state index contributed by atoms with van der Waals surface area (Å²) in [5.74, 6) is -0.373. The predicted octanol–water partition coefficient (Wildman–Crippen LogP) is 2.40. The van der Waals surface area contributed by atoms with Crippen LogP contribution < -0.4 is 5.32 Å². The molecule has 0 radical (unpaired) electrons. The van der Waals surface area contributed by atoms with Crippen molar-refractivity contribution in [2.45, 2.75) is 37.5 Å². The molecule has 1 amide bonds. The van der Waals surface area contributed by atoms with Crippen LogP contribution in [0.4, 0.5) is 0 Å². The molecular weight excluding hydrogens is 322 g/mol. The Bertz CT molecular complexity index is 500. The number of ether oxygens (including phenoxy) is 2. The van der Waals surface area contributed by atoms with Gasteiger partial charge in [0.1, 0.15) is 0 Å². The minimum Gasteiger partial charge on any atom is -0.353 e. The summed E-state index contributed by atoms with van der Waals surface area (Å²) in [6.07, 6.45) is 2.94. The number of amides is 1. The fourth-order valence-corrected chi connectivity index (χ4v) is 3.37. The van der Waals surface area contributed by atoms with Crippen molar-refractivity contribution >= 4 is 21.8 Å². The Hall–Kier alpha value is -0.910. The molecule has 2 fully saturated rings. The number of carbonyl (C=O) groups excluding carboxylic acids is 1. The van der Waals surface area contributed by atoms with Crippen LogP contribution in [0, 0.1) is 0 Å². The summed E-state index contributed by atoms with van der Waals surface area (Å²) in [6, 6.07) is 7.96. The van der Waals surface area contributed by atoms with Crippen molar-refractivity contribution in [3.8, 4) is 0 Å². The first-order valence-corrected chi connectivity index (χ1v) is 7.77. The van der Waals surface area contributed by atoms with E-state index in [-0.39, 0.29) is 11.9 Å². The summed E-state index contributed by atoms with van der Waals surface area (Å²) in [7, 11) is 0. The molecule has 1 aromatic rings. The van der Waals surface area contributed by atoms with Crippen LogP contribution in [0.15, 0.2) is 28.7 Å². The van der Waals surface area contributed by atoms with Crippen LogP contribution in [0.25, 0.3) is 0 Å². The summed E-state index contributed by atoms with van der Waals surface area (Å²) in [5, 5.41) is 3.09. The lowest BCUT2D eigenvalue weighted by Crippen LogP contribution is -2.36. The van der Waals surface area contributed by atoms with Gasteiger partial charge < -0.3 is 14.8 Å². The molecule has 1 saturated carbocycles. The fraction of sp³-hybridized carbons (Fsp3) is 0.533. The number of halogens is 1. The van der Waals surface area contributed by atoms with Gasteiger partial charge in [-0.2, -0.15) is 0 Å². The Morgan fingerprint density at radius 3 is 2.85 bits per heavy atom. The lowest BCUT2D eigenvalue weighted by atomic mass is 10.1. The molecule has 1 spiro atoms. The van der Waals surface area contributed by atoms with Crippen molar-refractivity contribution in [1.29, 1.82) is 0 Å². The van der Waals surface area contributed by atoms with Crippen LogP contribution in [0.5, 0.6) is 0 Å². The molecule has 20 heavy (non-hydrogen) atoms. The SMILES string of the molecule is O=C(Cc1ccccc1Br)NC1CCC2(C1)OCCO2. The van der Waals surface area contributed by atoms with Crippen molar-refractivity contribution < 1.29 is 14.3 Å². The van der Waals surface area contributed by atoms with E-state index >= 15 is 0 Å². The van der Waals surface area contributed by atoms with Crippen molar-refractivity contribution in [3.63, 3.8) is 0 Å². The van der Waals surface area contributed by atoms with Gasteiger partial charge in [-0.05, 0) is 18.1 Å². The van der Waals surface area contributed by atoms with Crippen molar-refractivity contribution in [1.82, 2.24) is 5.32 Å². The maximum Gasteiger partial charge on any atom is 0.224 e. The van der Waals surface area contributed by atoms with Gasteiger partial charge in [-0.15, -0.1) is 0 Å². The van der Waals surface area contributed by atoms with Gasteiger partial charge in [-0.25, -0.2) is 0 Å². The highest BCUT2D eigenvalue weighted by Gasteiger charge is 2.44. The van der Waals surface area contributed by atoms with Crippen LogP contribution in [-0.2, 0) is 20.7 Å². The fourth-order valence-electron chi connectivity index (χ4n) is 2.95. The van der Waals surface area contributed by atoms with Gasteiger partial charge in [0.15, 0.2) is 5.79 Å². The van der Waals surface area contributed by atoms with Crippen LogP contribution in [0.3, 0.4) is 0 Å². The van der Waals surface area contributed by atoms with Crippen molar-refractivity contribution in [2.75, 3.05) is 13.2 Å². The zero-order valence-corrected chi connectivity index (χ0v) is 12.8. The van der Waals surface area contributed by atoms with Crippen LogP contribution >= 0.6 is 15.9 Å². The molecule has 1 heterocycles. The molecule has 108 valence electrons. The number of rotatable bonds is 3. The number of hydrogen-bond acceptors (Lipinski definition) is 3. The average molecular weight is 340 g/mol. The molecule has 1 aromatic carbocycles. The Labute approximate surface area is 127 Å². The number of nitrogens with one attached hydrogen (secondary N) is 1. The largest absolute Gasteiger partial charge is 0.353 e. The van der Waals surface area contributed by atoms with E-state index in [2.05, 4.69) is 21.2 Å². The third-order valence-electron chi connectivity index (χ3n) is 3.92. The quantitative estimate of drug-likeness (QED) is 0.919. The van der Waals surface area contributed by atoms with E-state index in [0.29, 0.717) is 19.6 Å². The predicted molar refractivity (Wildman–Crippen MR) is 78.3 cm³/mol. The lowest BCUT2D eigenvalue weighted by molar-refractivity contribution is -0.151. The molecule has 1 atom stereocenters. The first-order valence-electron chi connectivity index (χ1n) is 6.98. The Morgan fingerprint density at radius 1 is 1.35 bits per heavy atom. The van der Waals surface area contributed by atoms with E-state index in [1.54, 1.807) is 0 Å². The molecule has 1 saturated heterocycles. The highest BCUT2D eigenvalue weighted by atomic mass is 79.9. The summed E-state index contributed by atoms with van der Waals surface area (Å²) in [6.45, 7) is 1.33. The molecule has 2 aliphatic rings. The van der Waals surface area contributed by atoms with Gasteiger partial charge in [-0.1, -0.05) is 34.1 Å². The minimum absolute atomic E-state index is 0.0527. The second-order valence-electron chi connectivity index (χ2n) is 5.38. The summed E-state index contributed by atoms with van der Waals surface area (Å²) in [5.41, 5.74) is 1.01. The summed E-state index contributed by atoms with van der Waals surface area (Å²) in [4.78, 5) is 12.1. The third kappa shape index (κ3) is 3.05. The van der Waals surface area contributed by atoms with Crippen LogP contribution in [0.2, 0.25) is 0 Å². The third-order valence-corrected chi connectivity index (χ3v) is 4.69. The zero-order chi connectivity index (χ0) is 14.0. The van der Waals surface area contributed by atoms with E-state index in [1.807, 2.05) is 24.3 Å². The van der Waals surface area contributed by atoms with Gasteiger partial charge in [0, 0.05) is 23.4 Å². The highest BCUT2D eigenvalue weighted by Crippen LogP contribution is 2.37. The highest BCUT2D eigenvalue weighted by molar-refractivity contribution is 9.10. The normalized spacial score (nSPS) is 24.1. The number of benzene rings is 1. The standard InChI is InChI=1S/C15H18BrNO3/c16-13-4-2-1-3-11(13)9-14(18)17-12-5-6-15(10-12)19-7-8-20-15/h1-4,12H,5-10H2,(H,17,18). The average Bonchev–Trinajstić information content (AvgIpc) is 3.03.